The molecule has 1 aromatic carbocycles. The van der Waals surface area contributed by atoms with E-state index in [0.717, 1.165) is 10.6 Å². The Morgan fingerprint density at radius 3 is 2.93 bits per heavy atom. The number of nitrogens with one attached hydrogen (secondary N) is 1. The summed E-state index contributed by atoms with van der Waals surface area (Å²) >= 11 is 1.69. The van der Waals surface area contributed by atoms with E-state index in [1.165, 1.54) is 0 Å². The van der Waals surface area contributed by atoms with Gasteiger partial charge in [-0.05, 0) is 12.1 Å². The summed E-state index contributed by atoms with van der Waals surface area (Å²) in [5.74, 6) is 0.586. The molecular formula is C10H11NO2S2. The molecule has 2 atom stereocenters. The monoisotopic (exact) mass is 241 g/mol. The first-order valence-corrected chi connectivity index (χ1v) is 7.57. The van der Waals surface area contributed by atoms with Gasteiger partial charge in [-0.2, -0.15) is 0 Å². The molecule has 1 fully saturated rings. The lowest BCUT2D eigenvalue weighted by molar-refractivity contribution is 0.602. The Kier molecular flexibility index (Phi) is 2.01. The molecule has 0 saturated carbocycles. The van der Waals surface area contributed by atoms with E-state index in [1.807, 2.05) is 24.3 Å². The highest BCUT2D eigenvalue weighted by molar-refractivity contribution is 8.02. The Morgan fingerprint density at radius 1 is 1.27 bits per heavy atom. The van der Waals surface area contributed by atoms with Crippen LogP contribution < -0.4 is 5.32 Å². The van der Waals surface area contributed by atoms with E-state index in [1.54, 1.807) is 11.8 Å². The predicted octanol–water partition coefficient (Wildman–Crippen LogP) is 1.37. The Labute approximate surface area is 93.2 Å². The topological polar surface area (TPSA) is 46.2 Å². The molecule has 1 saturated heterocycles. The van der Waals surface area contributed by atoms with Crippen molar-refractivity contribution in [2.75, 3.05) is 16.8 Å². The smallest absolute Gasteiger partial charge is 0.153 e. The highest BCUT2D eigenvalue weighted by Crippen LogP contribution is 2.41. The highest BCUT2D eigenvalue weighted by atomic mass is 32.2. The average Bonchev–Trinajstić information content (AvgIpc) is 2.46. The highest BCUT2D eigenvalue weighted by Gasteiger charge is 2.40. The third kappa shape index (κ3) is 1.63. The van der Waals surface area contributed by atoms with Gasteiger partial charge in [0, 0.05) is 15.8 Å². The Bertz CT molecular complexity index is 459. The van der Waals surface area contributed by atoms with Crippen LogP contribution >= 0.6 is 11.8 Å². The van der Waals surface area contributed by atoms with Gasteiger partial charge in [-0.25, -0.2) is 8.42 Å². The van der Waals surface area contributed by atoms with Crippen molar-refractivity contribution in [1.29, 1.82) is 0 Å². The average molecular weight is 241 g/mol. The van der Waals surface area contributed by atoms with Crippen LogP contribution in [0.3, 0.4) is 0 Å². The summed E-state index contributed by atoms with van der Waals surface area (Å²) in [4.78, 5) is 1.16. The summed E-state index contributed by atoms with van der Waals surface area (Å²) < 4.78 is 23.0. The zero-order valence-corrected chi connectivity index (χ0v) is 9.64. The van der Waals surface area contributed by atoms with Crippen LogP contribution in [0.5, 0.6) is 0 Å². The van der Waals surface area contributed by atoms with Gasteiger partial charge in [0.25, 0.3) is 0 Å². The quantitative estimate of drug-likeness (QED) is 0.745. The molecule has 0 aliphatic carbocycles. The van der Waals surface area contributed by atoms with Crippen molar-refractivity contribution in [3.05, 3.63) is 24.3 Å². The van der Waals surface area contributed by atoms with E-state index in [2.05, 4.69) is 5.32 Å². The molecule has 0 radical (unpaired) electrons. The van der Waals surface area contributed by atoms with Crippen molar-refractivity contribution in [2.24, 2.45) is 0 Å². The van der Waals surface area contributed by atoms with E-state index in [9.17, 15) is 8.42 Å². The van der Waals surface area contributed by atoms with Gasteiger partial charge >= 0.3 is 0 Å². The van der Waals surface area contributed by atoms with Crippen molar-refractivity contribution in [1.82, 2.24) is 0 Å². The molecule has 5 heteroatoms. The van der Waals surface area contributed by atoms with Crippen molar-refractivity contribution in [3.8, 4) is 0 Å². The van der Waals surface area contributed by atoms with Crippen LogP contribution in [0.15, 0.2) is 29.2 Å². The SMILES string of the molecule is O=S1(=O)C[C@@H]2Sc3ccccc3N[C@@H]2C1. The summed E-state index contributed by atoms with van der Waals surface area (Å²) in [6.07, 6.45) is 0. The third-order valence-corrected chi connectivity index (χ3v) is 6.16. The molecule has 80 valence electrons. The second kappa shape index (κ2) is 3.15. The first kappa shape index (κ1) is 9.54. The van der Waals surface area contributed by atoms with E-state index < -0.39 is 9.84 Å². The van der Waals surface area contributed by atoms with E-state index >= 15 is 0 Å². The second-order valence-corrected chi connectivity index (χ2v) is 7.42. The van der Waals surface area contributed by atoms with Gasteiger partial charge in [-0.1, -0.05) is 12.1 Å². The zero-order chi connectivity index (χ0) is 10.5. The van der Waals surface area contributed by atoms with Crippen LogP contribution in [-0.2, 0) is 9.84 Å². The van der Waals surface area contributed by atoms with Gasteiger partial charge in [-0.15, -0.1) is 11.8 Å². The molecule has 0 aromatic heterocycles. The Balaban J connectivity index is 1.97. The van der Waals surface area contributed by atoms with Crippen molar-refractivity contribution >= 4 is 27.3 Å². The Hall–Kier alpha value is -0.680. The third-order valence-electron chi connectivity index (χ3n) is 2.81. The fourth-order valence-electron chi connectivity index (χ4n) is 2.12. The largest absolute Gasteiger partial charge is 0.379 e. The molecule has 2 heterocycles. The van der Waals surface area contributed by atoms with Crippen LogP contribution in [0.25, 0.3) is 0 Å². The summed E-state index contributed by atoms with van der Waals surface area (Å²) in [5, 5.41) is 3.50. The molecule has 1 N–H and O–H groups in total. The number of fused-ring (bicyclic) bond motifs is 2. The Morgan fingerprint density at radius 2 is 2.07 bits per heavy atom. The first-order chi connectivity index (χ1) is 7.14. The summed E-state index contributed by atoms with van der Waals surface area (Å²) in [6.45, 7) is 0. The minimum absolute atomic E-state index is 0.0925. The molecule has 2 aliphatic rings. The molecule has 2 aliphatic heterocycles. The summed E-state index contributed by atoms with van der Waals surface area (Å²) in [7, 11) is -2.83. The summed E-state index contributed by atoms with van der Waals surface area (Å²) in [5.41, 5.74) is 1.07. The second-order valence-electron chi connectivity index (χ2n) is 3.98. The van der Waals surface area contributed by atoms with Gasteiger partial charge in [0.1, 0.15) is 0 Å². The number of sulfone groups is 1. The summed E-state index contributed by atoms with van der Waals surface area (Å²) in [6, 6.07) is 8.08. The normalized spacial score (nSPS) is 31.5. The van der Waals surface area contributed by atoms with Crippen LogP contribution in [0.2, 0.25) is 0 Å². The number of hydrogen-bond acceptors (Lipinski definition) is 4. The molecule has 3 nitrogen and oxygen atoms in total. The van der Waals surface area contributed by atoms with Gasteiger partial charge in [0.05, 0.1) is 17.5 Å². The van der Waals surface area contributed by atoms with Gasteiger partial charge < -0.3 is 5.32 Å². The molecule has 0 unspecified atom stereocenters. The van der Waals surface area contributed by atoms with Crippen LogP contribution in [0.4, 0.5) is 5.69 Å². The lowest BCUT2D eigenvalue weighted by Crippen LogP contribution is -2.33. The maximum absolute atomic E-state index is 11.5. The minimum Gasteiger partial charge on any atom is -0.379 e. The van der Waals surface area contributed by atoms with Crippen molar-refractivity contribution < 1.29 is 8.42 Å². The van der Waals surface area contributed by atoms with E-state index in [4.69, 9.17) is 0 Å². The standard InChI is InChI=1S/C10H11NO2S2/c12-15(13)5-8-10(6-15)14-9-4-2-1-3-7(9)11-8/h1-4,8,10-11H,5-6H2/t8-,10+/m1/s1. The fraction of sp³-hybridized carbons (Fsp3) is 0.400. The zero-order valence-electron chi connectivity index (χ0n) is 8.01. The van der Waals surface area contributed by atoms with Crippen LogP contribution in [0, 0.1) is 0 Å². The number of hydrogen-bond donors (Lipinski definition) is 1. The maximum Gasteiger partial charge on any atom is 0.153 e. The number of rotatable bonds is 0. The molecule has 0 bridgehead atoms. The fourth-order valence-corrected chi connectivity index (χ4v) is 5.93. The molecule has 1 aromatic rings. The molecule has 0 spiro atoms. The maximum atomic E-state index is 11.5. The van der Waals surface area contributed by atoms with Gasteiger partial charge in [-0.3, -0.25) is 0 Å². The van der Waals surface area contributed by atoms with Crippen molar-refractivity contribution in [2.45, 2.75) is 16.2 Å². The molecule has 0 amide bonds. The lowest BCUT2D eigenvalue weighted by atomic mass is 10.2. The van der Waals surface area contributed by atoms with Crippen LogP contribution in [-0.4, -0.2) is 31.2 Å². The van der Waals surface area contributed by atoms with Crippen molar-refractivity contribution in [3.63, 3.8) is 0 Å². The number of anilines is 1. The minimum atomic E-state index is -2.83. The van der Waals surface area contributed by atoms with Gasteiger partial charge in [0.2, 0.25) is 0 Å². The van der Waals surface area contributed by atoms with E-state index in [0.29, 0.717) is 5.75 Å². The molecule has 3 rings (SSSR count). The predicted molar refractivity (Wildman–Crippen MR) is 62.2 cm³/mol. The van der Waals surface area contributed by atoms with Crippen LogP contribution in [0.1, 0.15) is 0 Å². The van der Waals surface area contributed by atoms with E-state index in [-0.39, 0.29) is 17.0 Å². The molecule has 15 heavy (non-hydrogen) atoms. The molecular weight excluding hydrogens is 230 g/mol. The number of thioether (sulfide) groups is 1. The number of para-hydroxylation sites is 1. The number of benzene rings is 1. The lowest BCUT2D eigenvalue weighted by Gasteiger charge is -2.27. The first-order valence-electron chi connectivity index (χ1n) is 4.87. The van der Waals surface area contributed by atoms with Gasteiger partial charge in [0.15, 0.2) is 9.84 Å².